The van der Waals surface area contributed by atoms with E-state index in [1.54, 1.807) is 25.3 Å². The van der Waals surface area contributed by atoms with Crippen molar-refractivity contribution in [2.45, 2.75) is 46.1 Å². The first-order valence-electron chi connectivity index (χ1n) is 10.4. The van der Waals surface area contributed by atoms with Gasteiger partial charge in [-0.2, -0.15) is 0 Å². The number of fused-ring (bicyclic) bond motifs is 1. The standard InChI is InChI=1S/C24H26N4O2/c1-15-7-12-20-22(27-19-10-8-18(9-11-19)17(3)29)21(14-25-23(20)26-15)24(30)28-13-5-4-6-16(28)2/h7-12,14,16H,4-6,13H2,1-3H3,(H,25,26,27). The minimum Gasteiger partial charge on any atom is -0.354 e. The number of pyridine rings is 2. The molecule has 0 spiro atoms. The Hall–Kier alpha value is -3.28. The number of amides is 1. The van der Waals surface area contributed by atoms with Gasteiger partial charge in [-0.25, -0.2) is 9.97 Å². The third-order valence-electron chi connectivity index (χ3n) is 5.72. The summed E-state index contributed by atoms with van der Waals surface area (Å²) in [6.45, 7) is 6.33. The molecular weight excluding hydrogens is 376 g/mol. The summed E-state index contributed by atoms with van der Waals surface area (Å²) in [6, 6.07) is 11.3. The molecule has 0 saturated carbocycles. The highest BCUT2D eigenvalue weighted by molar-refractivity contribution is 6.07. The summed E-state index contributed by atoms with van der Waals surface area (Å²) in [5.74, 6) is 0.00516. The Balaban J connectivity index is 1.79. The van der Waals surface area contributed by atoms with Gasteiger partial charge in [0.1, 0.15) is 0 Å². The van der Waals surface area contributed by atoms with Gasteiger partial charge >= 0.3 is 0 Å². The number of hydrogen-bond donors (Lipinski definition) is 1. The normalized spacial score (nSPS) is 16.5. The molecule has 30 heavy (non-hydrogen) atoms. The van der Waals surface area contributed by atoms with E-state index in [4.69, 9.17) is 0 Å². The number of aryl methyl sites for hydroxylation is 1. The van der Waals surface area contributed by atoms with Gasteiger partial charge in [-0.15, -0.1) is 0 Å². The van der Waals surface area contributed by atoms with Crippen molar-refractivity contribution in [2.75, 3.05) is 11.9 Å². The van der Waals surface area contributed by atoms with Gasteiger partial charge in [0, 0.05) is 41.1 Å². The molecular formula is C24H26N4O2. The molecule has 6 nitrogen and oxygen atoms in total. The van der Waals surface area contributed by atoms with Crippen LogP contribution in [-0.2, 0) is 0 Å². The molecule has 1 aromatic carbocycles. The lowest BCUT2D eigenvalue weighted by Gasteiger charge is -2.34. The molecule has 154 valence electrons. The van der Waals surface area contributed by atoms with E-state index in [0.717, 1.165) is 42.6 Å². The van der Waals surface area contributed by atoms with Crippen LogP contribution in [0.4, 0.5) is 11.4 Å². The van der Waals surface area contributed by atoms with Gasteiger partial charge < -0.3 is 10.2 Å². The number of nitrogens with zero attached hydrogens (tertiary/aromatic N) is 3. The van der Waals surface area contributed by atoms with Crippen molar-refractivity contribution in [2.24, 2.45) is 0 Å². The maximum atomic E-state index is 13.5. The molecule has 1 saturated heterocycles. The molecule has 3 heterocycles. The minimum atomic E-state index is -0.0139. The van der Waals surface area contributed by atoms with E-state index in [9.17, 15) is 9.59 Å². The number of piperidine rings is 1. The maximum absolute atomic E-state index is 13.5. The van der Waals surface area contributed by atoms with E-state index in [1.165, 1.54) is 0 Å². The third kappa shape index (κ3) is 3.90. The van der Waals surface area contributed by atoms with Crippen molar-refractivity contribution < 1.29 is 9.59 Å². The third-order valence-corrected chi connectivity index (χ3v) is 5.72. The molecule has 1 aliphatic heterocycles. The molecule has 1 amide bonds. The molecule has 1 atom stereocenters. The predicted octanol–water partition coefficient (Wildman–Crippen LogP) is 4.90. The number of rotatable bonds is 4. The molecule has 4 rings (SSSR count). The average Bonchev–Trinajstić information content (AvgIpc) is 2.74. The molecule has 2 aromatic heterocycles. The summed E-state index contributed by atoms with van der Waals surface area (Å²) < 4.78 is 0. The molecule has 0 radical (unpaired) electrons. The summed E-state index contributed by atoms with van der Waals surface area (Å²) in [5.41, 5.74) is 4.16. The smallest absolute Gasteiger partial charge is 0.257 e. The fraction of sp³-hybridized carbons (Fsp3) is 0.333. The van der Waals surface area contributed by atoms with Gasteiger partial charge in [-0.1, -0.05) is 0 Å². The fourth-order valence-corrected chi connectivity index (χ4v) is 3.96. The van der Waals surface area contributed by atoms with Crippen LogP contribution in [0.1, 0.15) is 59.5 Å². The Morgan fingerprint density at radius 3 is 2.57 bits per heavy atom. The molecule has 6 heteroatoms. The van der Waals surface area contributed by atoms with Crippen LogP contribution >= 0.6 is 0 Å². The van der Waals surface area contributed by atoms with Crippen molar-refractivity contribution in [1.29, 1.82) is 0 Å². The van der Waals surface area contributed by atoms with Gasteiger partial charge in [-0.3, -0.25) is 9.59 Å². The minimum absolute atomic E-state index is 0.0139. The zero-order chi connectivity index (χ0) is 21.3. The van der Waals surface area contributed by atoms with E-state index < -0.39 is 0 Å². The Labute approximate surface area is 176 Å². The van der Waals surface area contributed by atoms with Crippen molar-refractivity contribution in [3.63, 3.8) is 0 Å². The number of likely N-dealkylation sites (tertiary alicyclic amines) is 1. The quantitative estimate of drug-likeness (QED) is 0.628. The highest BCUT2D eigenvalue weighted by atomic mass is 16.2. The van der Waals surface area contributed by atoms with E-state index in [1.807, 2.05) is 36.1 Å². The second kappa shape index (κ2) is 8.22. The molecule has 1 unspecified atom stereocenters. The number of hydrogen-bond acceptors (Lipinski definition) is 5. The van der Waals surface area contributed by atoms with Crippen LogP contribution in [0, 0.1) is 6.92 Å². The van der Waals surface area contributed by atoms with Gasteiger partial charge in [0.15, 0.2) is 11.4 Å². The number of carbonyl (C=O) groups is 2. The second-order valence-electron chi connectivity index (χ2n) is 7.97. The highest BCUT2D eigenvalue weighted by Crippen LogP contribution is 2.31. The maximum Gasteiger partial charge on any atom is 0.257 e. The molecule has 0 bridgehead atoms. The Kier molecular flexibility index (Phi) is 5.48. The molecule has 1 N–H and O–H groups in total. The van der Waals surface area contributed by atoms with E-state index in [0.29, 0.717) is 22.5 Å². The SMILES string of the molecule is CC(=O)c1ccc(Nc2c(C(=O)N3CCCCC3C)cnc3nc(C)ccc23)cc1. The largest absolute Gasteiger partial charge is 0.354 e. The van der Waals surface area contributed by atoms with Gasteiger partial charge in [0.2, 0.25) is 0 Å². The number of benzene rings is 1. The van der Waals surface area contributed by atoms with Crippen LogP contribution in [0.5, 0.6) is 0 Å². The van der Waals surface area contributed by atoms with Crippen LogP contribution in [0.3, 0.4) is 0 Å². The topological polar surface area (TPSA) is 75.2 Å². The summed E-state index contributed by atoms with van der Waals surface area (Å²) in [4.78, 5) is 36.0. The zero-order valence-corrected chi connectivity index (χ0v) is 17.6. The highest BCUT2D eigenvalue weighted by Gasteiger charge is 2.27. The number of carbonyl (C=O) groups excluding carboxylic acids is 2. The van der Waals surface area contributed by atoms with Crippen LogP contribution < -0.4 is 5.32 Å². The first-order chi connectivity index (χ1) is 14.4. The van der Waals surface area contributed by atoms with Crippen LogP contribution in [0.15, 0.2) is 42.6 Å². The molecule has 1 fully saturated rings. The Morgan fingerprint density at radius 1 is 1.10 bits per heavy atom. The molecule has 0 aliphatic carbocycles. The van der Waals surface area contributed by atoms with Crippen LogP contribution in [0.2, 0.25) is 0 Å². The zero-order valence-electron chi connectivity index (χ0n) is 17.6. The van der Waals surface area contributed by atoms with Crippen LogP contribution in [0.25, 0.3) is 11.0 Å². The number of anilines is 2. The lowest BCUT2D eigenvalue weighted by Crippen LogP contribution is -2.42. The van der Waals surface area contributed by atoms with Crippen molar-refractivity contribution >= 4 is 34.1 Å². The van der Waals surface area contributed by atoms with E-state index in [-0.39, 0.29) is 17.7 Å². The lowest BCUT2D eigenvalue weighted by molar-refractivity contribution is 0.0636. The molecule has 3 aromatic rings. The monoisotopic (exact) mass is 402 g/mol. The predicted molar refractivity (Wildman–Crippen MR) is 118 cm³/mol. The summed E-state index contributed by atoms with van der Waals surface area (Å²) in [7, 11) is 0. The van der Waals surface area contributed by atoms with Crippen molar-refractivity contribution in [3.8, 4) is 0 Å². The van der Waals surface area contributed by atoms with Gasteiger partial charge in [0.05, 0.1) is 11.3 Å². The van der Waals surface area contributed by atoms with Crippen molar-refractivity contribution in [1.82, 2.24) is 14.9 Å². The summed E-state index contributed by atoms with van der Waals surface area (Å²) >= 11 is 0. The van der Waals surface area contributed by atoms with Crippen LogP contribution in [-0.4, -0.2) is 39.1 Å². The summed E-state index contributed by atoms with van der Waals surface area (Å²) in [6.07, 6.45) is 4.82. The van der Waals surface area contributed by atoms with Crippen molar-refractivity contribution in [3.05, 3.63) is 59.4 Å². The number of Topliss-reactive ketones (excluding diaryl/α,β-unsaturated/α-hetero) is 1. The Bertz CT molecular complexity index is 1110. The van der Waals surface area contributed by atoms with E-state index >= 15 is 0 Å². The number of ketones is 1. The number of aromatic nitrogens is 2. The number of nitrogens with one attached hydrogen (secondary N) is 1. The summed E-state index contributed by atoms with van der Waals surface area (Å²) in [5, 5.41) is 4.20. The average molecular weight is 402 g/mol. The first-order valence-corrected chi connectivity index (χ1v) is 10.4. The lowest BCUT2D eigenvalue weighted by atomic mass is 10.0. The Morgan fingerprint density at radius 2 is 1.87 bits per heavy atom. The van der Waals surface area contributed by atoms with Gasteiger partial charge in [0.25, 0.3) is 5.91 Å². The first kappa shape index (κ1) is 20.0. The van der Waals surface area contributed by atoms with Gasteiger partial charge in [-0.05, 0) is 76.4 Å². The fourth-order valence-electron chi connectivity index (χ4n) is 3.96. The second-order valence-corrected chi connectivity index (χ2v) is 7.97. The van der Waals surface area contributed by atoms with E-state index in [2.05, 4.69) is 22.2 Å². The molecule has 1 aliphatic rings.